The van der Waals surface area contributed by atoms with E-state index in [4.69, 9.17) is 5.26 Å². The Labute approximate surface area is 108 Å². The maximum Gasteiger partial charge on any atom is 0.253 e. The third kappa shape index (κ3) is 3.31. The van der Waals surface area contributed by atoms with Gasteiger partial charge < -0.3 is 4.90 Å². The first-order valence-electron chi connectivity index (χ1n) is 5.99. The van der Waals surface area contributed by atoms with Crippen molar-refractivity contribution in [2.45, 2.75) is 13.0 Å². The van der Waals surface area contributed by atoms with E-state index in [1.54, 1.807) is 23.1 Å². The first-order chi connectivity index (χ1) is 8.63. The largest absolute Gasteiger partial charge is 0.336 e. The van der Waals surface area contributed by atoms with Gasteiger partial charge in [-0.3, -0.25) is 9.69 Å². The molecule has 0 radical (unpaired) electrons. The molecule has 0 aromatic heterocycles. The molecule has 1 rings (SSSR count). The maximum atomic E-state index is 12.2. The minimum Gasteiger partial charge on any atom is -0.336 e. The number of allylic oxidation sites excluding steroid dienone is 2. The third-order valence-electron chi connectivity index (χ3n) is 3.09. The highest BCUT2D eigenvalue weighted by Crippen LogP contribution is 2.12. The summed E-state index contributed by atoms with van der Waals surface area (Å²) in [7, 11) is 0. The molecule has 0 aromatic carbocycles. The van der Waals surface area contributed by atoms with Gasteiger partial charge >= 0.3 is 0 Å². The van der Waals surface area contributed by atoms with E-state index in [2.05, 4.69) is 24.1 Å². The summed E-state index contributed by atoms with van der Waals surface area (Å²) in [5, 5.41) is 8.70. The molecule has 0 spiro atoms. The van der Waals surface area contributed by atoms with Crippen LogP contribution >= 0.6 is 0 Å². The molecule has 0 aromatic rings. The molecular weight excluding hydrogens is 226 g/mol. The highest BCUT2D eigenvalue weighted by molar-refractivity contribution is 5.96. The zero-order valence-corrected chi connectivity index (χ0v) is 10.8. The topological polar surface area (TPSA) is 47.3 Å². The minimum atomic E-state index is -0.0200. The van der Waals surface area contributed by atoms with E-state index in [0.29, 0.717) is 25.2 Å². The predicted octanol–water partition coefficient (Wildman–Crippen LogP) is 1.34. The highest BCUT2D eigenvalue weighted by atomic mass is 16.2. The van der Waals surface area contributed by atoms with E-state index in [-0.39, 0.29) is 11.9 Å². The maximum absolute atomic E-state index is 12.2. The van der Waals surface area contributed by atoms with Gasteiger partial charge in [0.05, 0.1) is 12.6 Å². The molecule has 0 aliphatic carbocycles. The monoisotopic (exact) mass is 245 g/mol. The minimum absolute atomic E-state index is 0.0200. The van der Waals surface area contributed by atoms with Crippen LogP contribution in [0.3, 0.4) is 0 Å². The normalized spacial score (nSPS) is 21.2. The Bertz CT molecular complexity index is 406. The summed E-state index contributed by atoms with van der Waals surface area (Å²) >= 11 is 0. The Morgan fingerprint density at radius 3 is 2.72 bits per heavy atom. The van der Waals surface area contributed by atoms with Crippen LogP contribution in [0.2, 0.25) is 0 Å². The second kappa shape index (κ2) is 6.77. The molecule has 1 unspecified atom stereocenters. The zero-order valence-electron chi connectivity index (χ0n) is 10.8. The van der Waals surface area contributed by atoms with Gasteiger partial charge in [-0.1, -0.05) is 31.4 Å². The first-order valence-corrected chi connectivity index (χ1v) is 5.99. The Hall–Kier alpha value is -1.86. The van der Waals surface area contributed by atoms with Crippen LogP contribution in [0.4, 0.5) is 0 Å². The fourth-order valence-corrected chi connectivity index (χ4v) is 2.04. The average Bonchev–Trinajstić information content (AvgIpc) is 2.37. The molecule has 1 saturated heterocycles. The van der Waals surface area contributed by atoms with Crippen molar-refractivity contribution in [3.05, 3.63) is 37.0 Å². The van der Waals surface area contributed by atoms with Crippen molar-refractivity contribution < 1.29 is 4.79 Å². The standard InChI is InChI=1S/C14H19N3O/c1-4-6-13(5-2)14(18)17-10-9-16(8-7-15)12(3)11-17/h4-6,12H,1-2,8-11H2,3H3/b13-6+. The van der Waals surface area contributed by atoms with Crippen LogP contribution in [-0.2, 0) is 4.79 Å². The van der Waals surface area contributed by atoms with E-state index >= 15 is 0 Å². The predicted molar refractivity (Wildman–Crippen MR) is 71.7 cm³/mol. The summed E-state index contributed by atoms with van der Waals surface area (Å²) in [5.74, 6) is -0.0200. The summed E-state index contributed by atoms with van der Waals surface area (Å²) in [5.41, 5.74) is 0.561. The summed E-state index contributed by atoms with van der Waals surface area (Å²) < 4.78 is 0. The summed E-state index contributed by atoms with van der Waals surface area (Å²) in [4.78, 5) is 16.1. The van der Waals surface area contributed by atoms with E-state index < -0.39 is 0 Å². The Morgan fingerprint density at radius 1 is 1.50 bits per heavy atom. The van der Waals surface area contributed by atoms with Crippen LogP contribution in [-0.4, -0.2) is 47.9 Å². The number of nitriles is 1. The Morgan fingerprint density at radius 2 is 2.22 bits per heavy atom. The van der Waals surface area contributed by atoms with Gasteiger partial charge in [-0.15, -0.1) is 0 Å². The van der Waals surface area contributed by atoms with Crippen LogP contribution in [0.5, 0.6) is 0 Å². The molecule has 96 valence electrons. The molecule has 18 heavy (non-hydrogen) atoms. The molecule has 1 atom stereocenters. The molecule has 0 N–H and O–H groups in total. The summed E-state index contributed by atoms with van der Waals surface area (Å²) in [6.07, 6.45) is 4.81. The molecular formula is C14H19N3O. The summed E-state index contributed by atoms with van der Waals surface area (Å²) in [6, 6.07) is 2.35. The molecule has 0 bridgehead atoms. The van der Waals surface area contributed by atoms with E-state index in [9.17, 15) is 4.79 Å². The lowest BCUT2D eigenvalue weighted by Crippen LogP contribution is -2.53. The van der Waals surface area contributed by atoms with Gasteiger partial charge in [-0.25, -0.2) is 0 Å². The van der Waals surface area contributed by atoms with Crippen molar-refractivity contribution in [2.75, 3.05) is 26.2 Å². The lowest BCUT2D eigenvalue weighted by Gasteiger charge is -2.38. The SMILES string of the molecule is C=C/C=C(\C=C)C(=O)N1CCN(CC#N)C(C)C1. The van der Waals surface area contributed by atoms with Gasteiger partial charge in [-0.2, -0.15) is 5.26 Å². The molecule has 1 heterocycles. The van der Waals surface area contributed by atoms with Crippen LogP contribution in [0.25, 0.3) is 0 Å². The van der Waals surface area contributed by atoms with Gasteiger partial charge in [0.25, 0.3) is 5.91 Å². The molecule has 1 aliphatic heterocycles. The van der Waals surface area contributed by atoms with Crippen molar-refractivity contribution in [3.63, 3.8) is 0 Å². The molecule has 4 heteroatoms. The van der Waals surface area contributed by atoms with Crippen LogP contribution in [0, 0.1) is 11.3 Å². The number of rotatable bonds is 4. The van der Waals surface area contributed by atoms with Gasteiger partial charge in [-0.05, 0) is 6.92 Å². The molecule has 1 amide bonds. The number of hydrogen-bond donors (Lipinski definition) is 0. The fraction of sp³-hybridized carbons (Fsp3) is 0.429. The van der Waals surface area contributed by atoms with E-state index in [1.807, 2.05) is 6.92 Å². The molecule has 1 fully saturated rings. The number of piperazine rings is 1. The number of amides is 1. The molecule has 4 nitrogen and oxygen atoms in total. The lowest BCUT2D eigenvalue weighted by atomic mass is 10.1. The van der Waals surface area contributed by atoms with Gasteiger partial charge in [0.1, 0.15) is 0 Å². The quantitative estimate of drug-likeness (QED) is 0.426. The fourth-order valence-electron chi connectivity index (χ4n) is 2.04. The first kappa shape index (κ1) is 14.2. The molecule has 1 aliphatic rings. The highest BCUT2D eigenvalue weighted by Gasteiger charge is 2.26. The van der Waals surface area contributed by atoms with Crippen LogP contribution < -0.4 is 0 Å². The Kier molecular flexibility index (Phi) is 5.34. The van der Waals surface area contributed by atoms with Crippen LogP contribution in [0.1, 0.15) is 6.92 Å². The lowest BCUT2D eigenvalue weighted by molar-refractivity contribution is -0.129. The number of hydrogen-bond acceptors (Lipinski definition) is 3. The second-order valence-electron chi connectivity index (χ2n) is 4.29. The van der Waals surface area contributed by atoms with Crippen molar-refractivity contribution in [3.8, 4) is 6.07 Å². The Balaban J connectivity index is 2.69. The van der Waals surface area contributed by atoms with Crippen LogP contribution in [0.15, 0.2) is 37.0 Å². The van der Waals surface area contributed by atoms with Gasteiger partial charge in [0.15, 0.2) is 0 Å². The summed E-state index contributed by atoms with van der Waals surface area (Å²) in [6.45, 7) is 11.7. The van der Waals surface area contributed by atoms with Crippen molar-refractivity contribution >= 4 is 5.91 Å². The third-order valence-corrected chi connectivity index (χ3v) is 3.09. The smallest absolute Gasteiger partial charge is 0.253 e. The van der Waals surface area contributed by atoms with Gasteiger partial charge in [0, 0.05) is 31.2 Å². The number of nitrogens with zero attached hydrogens (tertiary/aromatic N) is 3. The van der Waals surface area contributed by atoms with Crippen molar-refractivity contribution in [1.82, 2.24) is 9.80 Å². The van der Waals surface area contributed by atoms with E-state index in [1.165, 1.54) is 0 Å². The number of carbonyl (C=O) groups excluding carboxylic acids is 1. The van der Waals surface area contributed by atoms with E-state index in [0.717, 1.165) is 6.54 Å². The molecule has 0 saturated carbocycles. The van der Waals surface area contributed by atoms with Gasteiger partial charge in [0.2, 0.25) is 0 Å². The zero-order chi connectivity index (χ0) is 13.5. The average molecular weight is 245 g/mol. The number of carbonyl (C=O) groups is 1. The van der Waals surface area contributed by atoms with Crippen molar-refractivity contribution in [2.24, 2.45) is 0 Å². The second-order valence-corrected chi connectivity index (χ2v) is 4.29. The van der Waals surface area contributed by atoms with Crippen molar-refractivity contribution in [1.29, 1.82) is 5.26 Å².